The van der Waals surface area contributed by atoms with Crippen LogP contribution in [0.4, 0.5) is 0 Å². The van der Waals surface area contributed by atoms with Crippen molar-refractivity contribution in [2.24, 2.45) is 0 Å². The summed E-state index contributed by atoms with van der Waals surface area (Å²) < 4.78 is 5.28. The molecule has 0 unspecified atom stereocenters. The molecule has 6 heteroatoms. The fourth-order valence-electron chi connectivity index (χ4n) is 2.39. The Morgan fingerprint density at radius 2 is 1.96 bits per heavy atom. The summed E-state index contributed by atoms with van der Waals surface area (Å²) in [6.45, 7) is 0.414. The average Bonchev–Trinajstić information content (AvgIpc) is 3.09. The lowest BCUT2D eigenvalue weighted by Gasteiger charge is -2.09. The standard InChI is InChI=1S/C19H18N2O3S/c1-24-17-5-3-2-4-14(17)11-20-18(23)10-15-12-25-19(21-15)13-6-8-16(22)9-7-13/h2-9,12,22H,10-11H2,1H3,(H,20,23). The molecule has 0 aliphatic carbocycles. The molecule has 0 atom stereocenters. The van der Waals surface area contributed by atoms with Gasteiger partial charge in [0.05, 0.1) is 19.2 Å². The van der Waals surface area contributed by atoms with Crippen LogP contribution in [0.1, 0.15) is 11.3 Å². The number of benzene rings is 2. The molecule has 0 saturated heterocycles. The van der Waals surface area contributed by atoms with Crippen LogP contribution in [-0.2, 0) is 17.8 Å². The van der Waals surface area contributed by atoms with Gasteiger partial charge in [-0.25, -0.2) is 4.98 Å². The van der Waals surface area contributed by atoms with Gasteiger partial charge in [0, 0.05) is 23.1 Å². The Balaban J connectivity index is 1.59. The van der Waals surface area contributed by atoms with E-state index >= 15 is 0 Å². The quantitative estimate of drug-likeness (QED) is 0.712. The van der Waals surface area contributed by atoms with Crippen LogP contribution in [0.2, 0.25) is 0 Å². The lowest BCUT2D eigenvalue weighted by atomic mass is 10.2. The number of carbonyl (C=O) groups is 1. The Labute approximate surface area is 149 Å². The molecule has 1 heterocycles. The Bertz CT molecular complexity index is 859. The molecule has 5 nitrogen and oxygen atoms in total. The number of para-hydroxylation sites is 1. The maximum atomic E-state index is 12.2. The largest absolute Gasteiger partial charge is 0.508 e. The Kier molecular flexibility index (Phi) is 5.30. The number of amides is 1. The molecule has 3 aromatic rings. The van der Waals surface area contributed by atoms with Crippen LogP contribution in [0.25, 0.3) is 10.6 Å². The number of phenolic OH excluding ortho intramolecular Hbond substituents is 1. The molecule has 0 bridgehead atoms. The highest BCUT2D eigenvalue weighted by molar-refractivity contribution is 7.13. The van der Waals surface area contributed by atoms with Gasteiger partial charge in [0.2, 0.25) is 5.91 Å². The number of rotatable bonds is 6. The molecule has 2 aromatic carbocycles. The third-order valence-corrected chi connectivity index (χ3v) is 4.62. The number of hydrogen-bond acceptors (Lipinski definition) is 5. The van der Waals surface area contributed by atoms with Gasteiger partial charge in [-0.1, -0.05) is 18.2 Å². The molecular formula is C19H18N2O3S. The van der Waals surface area contributed by atoms with Gasteiger partial charge >= 0.3 is 0 Å². The third-order valence-electron chi connectivity index (χ3n) is 3.68. The fourth-order valence-corrected chi connectivity index (χ4v) is 3.22. The molecule has 128 valence electrons. The number of nitrogens with one attached hydrogen (secondary N) is 1. The molecule has 0 spiro atoms. The van der Waals surface area contributed by atoms with E-state index in [0.29, 0.717) is 6.54 Å². The van der Waals surface area contributed by atoms with Crippen LogP contribution in [0, 0.1) is 0 Å². The summed E-state index contributed by atoms with van der Waals surface area (Å²) in [4.78, 5) is 16.6. The van der Waals surface area contributed by atoms with Gasteiger partial charge in [-0.05, 0) is 30.3 Å². The van der Waals surface area contributed by atoms with Crippen molar-refractivity contribution in [1.82, 2.24) is 10.3 Å². The van der Waals surface area contributed by atoms with Crippen LogP contribution in [0.5, 0.6) is 11.5 Å². The Morgan fingerprint density at radius 1 is 1.20 bits per heavy atom. The van der Waals surface area contributed by atoms with E-state index in [1.807, 2.05) is 29.6 Å². The Morgan fingerprint density at radius 3 is 2.72 bits per heavy atom. The highest BCUT2D eigenvalue weighted by Gasteiger charge is 2.10. The minimum atomic E-state index is -0.0894. The van der Waals surface area contributed by atoms with Crippen molar-refractivity contribution in [3.8, 4) is 22.1 Å². The number of hydrogen-bond donors (Lipinski definition) is 2. The summed E-state index contributed by atoms with van der Waals surface area (Å²) in [7, 11) is 1.61. The van der Waals surface area contributed by atoms with E-state index in [-0.39, 0.29) is 18.1 Å². The number of carbonyl (C=O) groups excluding carboxylic acids is 1. The van der Waals surface area contributed by atoms with E-state index in [4.69, 9.17) is 4.74 Å². The minimum absolute atomic E-state index is 0.0894. The number of aromatic nitrogens is 1. The number of aromatic hydroxyl groups is 1. The number of methoxy groups -OCH3 is 1. The maximum absolute atomic E-state index is 12.2. The fraction of sp³-hybridized carbons (Fsp3) is 0.158. The molecule has 2 N–H and O–H groups in total. The van der Waals surface area contributed by atoms with Crippen molar-refractivity contribution in [3.63, 3.8) is 0 Å². The summed E-state index contributed by atoms with van der Waals surface area (Å²) in [6.07, 6.45) is 0.226. The third kappa shape index (κ3) is 4.36. The smallest absolute Gasteiger partial charge is 0.226 e. The zero-order valence-corrected chi connectivity index (χ0v) is 14.5. The number of ether oxygens (including phenoxy) is 1. The molecule has 1 aromatic heterocycles. The van der Waals surface area contributed by atoms with E-state index in [1.165, 1.54) is 11.3 Å². The van der Waals surface area contributed by atoms with E-state index in [1.54, 1.807) is 31.4 Å². The lowest BCUT2D eigenvalue weighted by molar-refractivity contribution is -0.120. The van der Waals surface area contributed by atoms with Crippen molar-refractivity contribution < 1.29 is 14.6 Å². The zero-order valence-electron chi connectivity index (χ0n) is 13.7. The van der Waals surface area contributed by atoms with Crippen molar-refractivity contribution in [2.75, 3.05) is 7.11 Å². The van der Waals surface area contributed by atoms with E-state index in [9.17, 15) is 9.90 Å². The summed E-state index contributed by atoms with van der Waals surface area (Å²) in [6, 6.07) is 14.4. The topological polar surface area (TPSA) is 71.5 Å². The summed E-state index contributed by atoms with van der Waals surface area (Å²) in [5.41, 5.74) is 2.58. The normalized spacial score (nSPS) is 10.4. The van der Waals surface area contributed by atoms with Gasteiger partial charge in [0.1, 0.15) is 16.5 Å². The summed E-state index contributed by atoms with van der Waals surface area (Å²) in [5.74, 6) is 0.885. The van der Waals surface area contributed by atoms with Gasteiger partial charge in [-0.15, -0.1) is 11.3 Å². The molecule has 3 rings (SSSR count). The first-order chi connectivity index (χ1) is 12.2. The van der Waals surface area contributed by atoms with Crippen molar-refractivity contribution in [2.45, 2.75) is 13.0 Å². The molecule has 1 amide bonds. The zero-order chi connectivity index (χ0) is 17.6. The first-order valence-electron chi connectivity index (χ1n) is 7.78. The second-order valence-electron chi connectivity index (χ2n) is 5.46. The minimum Gasteiger partial charge on any atom is -0.508 e. The predicted molar refractivity (Wildman–Crippen MR) is 97.8 cm³/mol. The SMILES string of the molecule is COc1ccccc1CNC(=O)Cc1csc(-c2ccc(O)cc2)n1. The predicted octanol–water partition coefficient (Wildman–Crippen LogP) is 3.38. The number of phenols is 1. The number of thiazole rings is 1. The maximum Gasteiger partial charge on any atom is 0.226 e. The van der Waals surface area contributed by atoms with Crippen molar-refractivity contribution in [3.05, 3.63) is 65.2 Å². The van der Waals surface area contributed by atoms with E-state index < -0.39 is 0 Å². The van der Waals surface area contributed by atoms with Gasteiger partial charge in [-0.2, -0.15) is 0 Å². The molecule has 0 fully saturated rings. The van der Waals surface area contributed by atoms with Crippen LogP contribution in [-0.4, -0.2) is 23.1 Å². The second-order valence-corrected chi connectivity index (χ2v) is 6.31. The molecule has 0 aliphatic rings. The molecule has 0 aliphatic heterocycles. The molecule has 25 heavy (non-hydrogen) atoms. The van der Waals surface area contributed by atoms with Gasteiger partial charge in [0.15, 0.2) is 0 Å². The van der Waals surface area contributed by atoms with Crippen LogP contribution >= 0.6 is 11.3 Å². The Hall–Kier alpha value is -2.86. The molecular weight excluding hydrogens is 336 g/mol. The van der Waals surface area contributed by atoms with Gasteiger partial charge < -0.3 is 15.2 Å². The average molecular weight is 354 g/mol. The second kappa shape index (κ2) is 7.81. The van der Waals surface area contributed by atoms with Crippen molar-refractivity contribution in [1.29, 1.82) is 0 Å². The van der Waals surface area contributed by atoms with E-state index in [2.05, 4.69) is 10.3 Å². The summed E-state index contributed by atoms with van der Waals surface area (Å²) >= 11 is 1.48. The lowest BCUT2D eigenvalue weighted by Crippen LogP contribution is -2.24. The summed E-state index contributed by atoms with van der Waals surface area (Å²) in [5, 5.41) is 14.9. The van der Waals surface area contributed by atoms with Crippen LogP contribution < -0.4 is 10.1 Å². The highest BCUT2D eigenvalue weighted by Crippen LogP contribution is 2.25. The van der Waals surface area contributed by atoms with Gasteiger partial charge in [-0.3, -0.25) is 4.79 Å². The molecule has 0 saturated carbocycles. The van der Waals surface area contributed by atoms with E-state index in [0.717, 1.165) is 27.6 Å². The monoisotopic (exact) mass is 354 g/mol. The van der Waals surface area contributed by atoms with Gasteiger partial charge in [0.25, 0.3) is 0 Å². The van der Waals surface area contributed by atoms with Crippen LogP contribution in [0.3, 0.4) is 0 Å². The van der Waals surface area contributed by atoms with Crippen molar-refractivity contribution >= 4 is 17.2 Å². The first kappa shape index (κ1) is 17.0. The highest BCUT2D eigenvalue weighted by atomic mass is 32.1. The first-order valence-corrected chi connectivity index (χ1v) is 8.66. The molecule has 0 radical (unpaired) electrons. The van der Waals surface area contributed by atoms with Crippen LogP contribution in [0.15, 0.2) is 53.9 Å². The number of nitrogens with zero attached hydrogens (tertiary/aromatic N) is 1.